The summed E-state index contributed by atoms with van der Waals surface area (Å²) in [5.41, 5.74) is 1.28. The van der Waals surface area contributed by atoms with Crippen LogP contribution < -0.4 is 9.62 Å². The number of unbranched alkanes of at least 4 members (excludes halogenated alkanes) is 1. The van der Waals surface area contributed by atoms with Crippen LogP contribution in [0.3, 0.4) is 0 Å². The average Bonchev–Trinajstić information content (AvgIpc) is 3.06. The van der Waals surface area contributed by atoms with Crippen molar-refractivity contribution in [1.29, 1.82) is 0 Å². The molecule has 0 aliphatic carbocycles. The number of benzene rings is 4. The fourth-order valence-electron chi connectivity index (χ4n) is 4.88. The molecule has 46 heavy (non-hydrogen) atoms. The monoisotopic (exact) mass is 662 g/mol. The molecule has 0 unspecified atom stereocenters. The van der Waals surface area contributed by atoms with Crippen molar-refractivity contribution in [3.8, 4) is 0 Å². The number of nitrogens with one attached hydrogen (secondary N) is 1. The first kappa shape index (κ1) is 34.1. The second-order valence-electron chi connectivity index (χ2n) is 10.6. The van der Waals surface area contributed by atoms with Crippen molar-refractivity contribution in [1.82, 2.24) is 10.2 Å². The third kappa shape index (κ3) is 8.92. The van der Waals surface area contributed by atoms with E-state index in [1.165, 1.54) is 41.3 Å². The van der Waals surface area contributed by atoms with Gasteiger partial charge in [-0.25, -0.2) is 8.42 Å². The molecule has 0 fully saturated rings. The van der Waals surface area contributed by atoms with E-state index in [1.54, 1.807) is 42.5 Å². The van der Waals surface area contributed by atoms with Crippen LogP contribution in [0.1, 0.15) is 30.9 Å². The van der Waals surface area contributed by atoms with Gasteiger partial charge in [0.15, 0.2) is 0 Å². The van der Waals surface area contributed by atoms with E-state index in [9.17, 15) is 28.1 Å². The lowest BCUT2D eigenvalue weighted by Crippen LogP contribution is -2.53. The van der Waals surface area contributed by atoms with E-state index in [4.69, 9.17) is 11.6 Å². The Balaban J connectivity index is 1.79. The van der Waals surface area contributed by atoms with Gasteiger partial charge in [0.25, 0.3) is 15.7 Å². The lowest BCUT2D eigenvalue weighted by molar-refractivity contribution is -0.384. The van der Waals surface area contributed by atoms with Crippen LogP contribution in [-0.4, -0.2) is 49.2 Å². The molecule has 0 saturated carbocycles. The number of amides is 2. The van der Waals surface area contributed by atoms with E-state index in [2.05, 4.69) is 5.32 Å². The number of nitro groups is 1. The number of carbonyl (C=O) groups is 2. The van der Waals surface area contributed by atoms with Gasteiger partial charge in [0, 0.05) is 36.7 Å². The third-order valence-electron chi connectivity index (χ3n) is 7.30. The second kappa shape index (κ2) is 16.0. The molecule has 1 N–H and O–H groups in total. The summed E-state index contributed by atoms with van der Waals surface area (Å²) < 4.78 is 28.9. The number of rotatable bonds is 15. The van der Waals surface area contributed by atoms with E-state index < -0.39 is 33.4 Å². The zero-order valence-corrected chi connectivity index (χ0v) is 26.9. The van der Waals surface area contributed by atoms with Crippen molar-refractivity contribution < 1.29 is 22.9 Å². The molecule has 0 spiro atoms. The van der Waals surface area contributed by atoms with Crippen LogP contribution >= 0.6 is 11.6 Å². The van der Waals surface area contributed by atoms with E-state index >= 15 is 0 Å². The predicted octanol–water partition coefficient (Wildman–Crippen LogP) is 6.00. The summed E-state index contributed by atoms with van der Waals surface area (Å²) >= 11 is 6.27. The number of non-ortho nitro benzene ring substituents is 1. The van der Waals surface area contributed by atoms with Gasteiger partial charge >= 0.3 is 0 Å². The summed E-state index contributed by atoms with van der Waals surface area (Å²) in [6, 6.07) is 27.7. The highest BCUT2D eigenvalue weighted by Crippen LogP contribution is 2.27. The standard InChI is InChI=1S/C34H35ClN4O6S/c1-2-3-21-36-34(41)32(23-26-11-6-4-7-12-26)37(24-27-13-10-14-28(35)22-27)33(40)25-38(29-17-19-30(20-18-29)39(42)43)46(44,45)31-15-8-5-9-16-31/h4-20,22,32H,2-3,21,23-25H2,1H3,(H,36,41)/t32-/m0/s1. The van der Waals surface area contributed by atoms with Gasteiger partial charge in [0.2, 0.25) is 11.8 Å². The normalized spacial score (nSPS) is 11.8. The van der Waals surface area contributed by atoms with E-state index in [0.717, 1.165) is 22.7 Å². The molecule has 0 heterocycles. The van der Waals surface area contributed by atoms with Crippen molar-refractivity contribution in [3.63, 3.8) is 0 Å². The van der Waals surface area contributed by atoms with Gasteiger partial charge in [-0.3, -0.25) is 24.0 Å². The van der Waals surface area contributed by atoms with Crippen LogP contribution in [0.25, 0.3) is 0 Å². The van der Waals surface area contributed by atoms with Crippen LogP contribution in [0.4, 0.5) is 11.4 Å². The van der Waals surface area contributed by atoms with Gasteiger partial charge in [-0.05, 0) is 53.9 Å². The average molecular weight is 663 g/mol. The van der Waals surface area contributed by atoms with Gasteiger partial charge in [0.05, 0.1) is 15.5 Å². The van der Waals surface area contributed by atoms with Gasteiger partial charge in [-0.2, -0.15) is 0 Å². The minimum absolute atomic E-state index is 0.0302. The highest BCUT2D eigenvalue weighted by molar-refractivity contribution is 7.92. The quantitative estimate of drug-likeness (QED) is 0.0944. The maximum Gasteiger partial charge on any atom is 0.269 e. The molecular formula is C34H35ClN4O6S. The zero-order chi connectivity index (χ0) is 33.1. The Labute approximate surface area is 273 Å². The molecule has 0 radical (unpaired) electrons. The van der Waals surface area contributed by atoms with Gasteiger partial charge in [-0.1, -0.05) is 85.6 Å². The number of nitro benzene ring substituents is 1. The summed E-state index contributed by atoms with van der Waals surface area (Å²) in [7, 11) is -4.32. The molecule has 0 saturated heterocycles. The predicted molar refractivity (Wildman–Crippen MR) is 178 cm³/mol. The highest BCUT2D eigenvalue weighted by Gasteiger charge is 2.34. The van der Waals surface area contributed by atoms with E-state index in [0.29, 0.717) is 17.1 Å². The van der Waals surface area contributed by atoms with Crippen LogP contribution in [0.2, 0.25) is 5.02 Å². The Morgan fingerprint density at radius 2 is 1.52 bits per heavy atom. The first-order chi connectivity index (χ1) is 22.1. The smallest absolute Gasteiger partial charge is 0.269 e. The van der Waals surface area contributed by atoms with Crippen LogP contribution in [0.15, 0.2) is 114 Å². The maximum atomic E-state index is 14.4. The molecule has 0 aromatic heterocycles. The molecule has 4 aromatic carbocycles. The zero-order valence-electron chi connectivity index (χ0n) is 25.3. The minimum Gasteiger partial charge on any atom is -0.354 e. The van der Waals surface area contributed by atoms with Gasteiger partial charge in [-0.15, -0.1) is 0 Å². The minimum atomic E-state index is -4.32. The molecule has 0 bridgehead atoms. The number of carbonyl (C=O) groups excluding carboxylic acids is 2. The molecular weight excluding hydrogens is 628 g/mol. The van der Waals surface area contributed by atoms with E-state index in [1.807, 2.05) is 37.3 Å². The Morgan fingerprint density at radius 1 is 0.891 bits per heavy atom. The molecule has 2 amide bonds. The molecule has 240 valence electrons. The summed E-state index contributed by atoms with van der Waals surface area (Å²) in [6.07, 6.45) is 1.78. The largest absolute Gasteiger partial charge is 0.354 e. The van der Waals surface area contributed by atoms with Crippen molar-refractivity contribution in [3.05, 3.63) is 135 Å². The molecule has 12 heteroatoms. The topological polar surface area (TPSA) is 130 Å². The van der Waals surface area contributed by atoms with Gasteiger partial charge in [0.1, 0.15) is 12.6 Å². The number of hydrogen-bond donors (Lipinski definition) is 1. The molecule has 0 aliphatic rings. The summed E-state index contributed by atoms with van der Waals surface area (Å²) in [4.78, 5) is 40.2. The Morgan fingerprint density at radius 3 is 2.13 bits per heavy atom. The lowest BCUT2D eigenvalue weighted by Gasteiger charge is -2.34. The van der Waals surface area contributed by atoms with Crippen molar-refractivity contribution >= 4 is 44.8 Å². The molecule has 4 rings (SSSR count). The number of halogens is 1. The number of nitrogens with zero attached hydrogens (tertiary/aromatic N) is 3. The first-order valence-corrected chi connectivity index (χ1v) is 16.6. The van der Waals surface area contributed by atoms with Crippen molar-refractivity contribution in [2.75, 3.05) is 17.4 Å². The Bertz CT molecular complexity index is 1740. The fourth-order valence-corrected chi connectivity index (χ4v) is 6.53. The number of sulfonamides is 1. The first-order valence-electron chi connectivity index (χ1n) is 14.8. The third-order valence-corrected chi connectivity index (χ3v) is 9.32. The van der Waals surface area contributed by atoms with Gasteiger partial charge < -0.3 is 10.2 Å². The summed E-state index contributed by atoms with van der Waals surface area (Å²) in [6.45, 7) is 1.71. The van der Waals surface area contributed by atoms with Crippen LogP contribution in [0.5, 0.6) is 0 Å². The van der Waals surface area contributed by atoms with Crippen LogP contribution in [-0.2, 0) is 32.6 Å². The SMILES string of the molecule is CCCCNC(=O)[C@H](Cc1ccccc1)N(Cc1cccc(Cl)c1)C(=O)CN(c1ccc([N+](=O)[O-])cc1)S(=O)(=O)c1ccccc1. The van der Waals surface area contributed by atoms with Crippen molar-refractivity contribution in [2.24, 2.45) is 0 Å². The molecule has 4 aromatic rings. The van der Waals surface area contributed by atoms with E-state index in [-0.39, 0.29) is 35.1 Å². The maximum absolute atomic E-state index is 14.4. The van der Waals surface area contributed by atoms with Crippen molar-refractivity contribution in [2.45, 2.75) is 43.7 Å². The number of hydrogen-bond acceptors (Lipinski definition) is 6. The highest BCUT2D eigenvalue weighted by atomic mass is 35.5. The Hall–Kier alpha value is -4.74. The molecule has 0 aliphatic heterocycles. The van der Waals surface area contributed by atoms with Crippen LogP contribution in [0, 0.1) is 10.1 Å². The lowest BCUT2D eigenvalue weighted by atomic mass is 10.0. The Kier molecular flexibility index (Phi) is 11.9. The second-order valence-corrected chi connectivity index (χ2v) is 12.9. The molecule has 1 atom stereocenters. The molecule has 10 nitrogen and oxygen atoms in total. The number of anilines is 1. The summed E-state index contributed by atoms with van der Waals surface area (Å²) in [5.74, 6) is -1.02. The fraction of sp³-hybridized carbons (Fsp3) is 0.235. The summed E-state index contributed by atoms with van der Waals surface area (Å²) in [5, 5.41) is 14.7.